The number of para-hydroxylation sites is 1. The van der Waals surface area contributed by atoms with Crippen molar-refractivity contribution in [3.8, 4) is 0 Å². The summed E-state index contributed by atoms with van der Waals surface area (Å²) in [5, 5.41) is 0. The van der Waals surface area contributed by atoms with Gasteiger partial charge in [-0.25, -0.2) is 0 Å². The van der Waals surface area contributed by atoms with Gasteiger partial charge >= 0.3 is 0 Å². The minimum atomic E-state index is 0.266. The van der Waals surface area contributed by atoms with Gasteiger partial charge in [0.05, 0.1) is 5.69 Å². The molecule has 1 aliphatic heterocycles. The highest BCUT2D eigenvalue weighted by atomic mass is 14.8. The monoisotopic (exact) mass is 187 g/mol. The van der Waals surface area contributed by atoms with Crippen LogP contribution in [0.15, 0.2) is 23.2 Å². The van der Waals surface area contributed by atoms with Crippen molar-refractivity contribution >= 4 is 11.9 Å². The maximum absolute atomic E-state index is 4.52. The molecular weight excluding hydrogens is 170 g/mol. The van der Waals surface area contributed by atoms with E-state index in [4.69, 9.17) is 0 Å². The molecule has 0 radical (unpaired) electrons. The second-order valence-electron chi connectivity index (χ2n) is 5.13. The predicted octanol–water partition coefficient (Wildman–Crippen LogP) is 3.84. The van der Waals surface area contributed by atoms with E-state index in [9.17, 15) is 0 Å². The van der Waals surface area contributed by atoms with E-state index in [2.05, 4.69) is 57.1 Å². The fourth-order valence-electron chi connectivity index (χ4n) is 2.03. The van der Waals surface area contributed by atoms with E-state index in [1.54, 1.807) is 0 Å². The van der Waals surface area contributed by atoms with Crippen LogP contribution in [0.4, 0.5) is 5.69 Å². The molecule has 1 heteroatoms. The predicted molar refractivity (Wildman–Crippen MR) is 61.5 cm³/mol. The lowest BCUT2D eigenvalue weighted by Gasteiger charge is -2.25. The molecule has 1 aliphatic rings. The summed E-state index contributed by atoms with van der Waals surface area (Å²) in [6.45, 7) is 8.92. The van der Waals surface area contributed by atoms with Gasteiger partial charge in [-0.1, -0.05) is 39.0 Å². The zero-order valence-electron chi connectivity index (χ0n) is 9.33. The molecule has 14 heavy (non-hydrogen) atoms. The Kier molecular flexibility index (Phi) is 1.99. The van der Waals surface area contributed by atoms with Gasteiger partial charge in [-0.05, 0) is 23.5 Å². The first-order chi connectivity index (χ1) is 6.50. The molecule has 0 bridgehead atoms. The molecule has 0 spiro atoms. The molecule has 0 N–H and O–H groups in total. The van der Waals surface area contributed by atoms with Crippen LogP contribution in [0, 0.1) is 12.3 Å². The van der Waals surface area contributed by atoms with Gasteiger partial charge in [0.25, 0.3) is 0 Å². The molecule has 1 nitrogen and oxygen atoms in total. The summed E-state index contributed by atoms with van der Waals surface area (Å²) in [6.07, 6.45) is 2.09. The molecular formula is C13H17N. The number of nitrogens with zero attached hydrogens (tertiary/aromatic N) is 1. The first-order valence-corrected chi connectivity index (χ1v) is 5.14. The molecule has 74 valence electrons. The number of hydrogen-bond donors (Lipinski definition) is 0. The quantitative estimate of drug-likeness (QED) is 0.585. The van der Waals surface area contributed by atoms with Crippen molar-refractivity contribution in [3.63, 3.8) is 0 Å². The smallest absolute Gasteiger partial charge is 0.0693 e. The molecule has 1 atom stereocenters. The van der Waals surface area contributed by atoms with Crippen LogP contribution in [0.25, 0.3) is 0 Å². The van der Waals surface area contributed by atoms with Crippen molar-refractivity contribution in [1.29, 1.82) is 0 Å². The summed E-state index contributed by atoms with van der Waals surface area (Å²) in [4.78, 5) is 4.52. The fourth-order valence-corrected chi connectivity index (χ4v) is 2.03. The second-order valence-corrected chi connectivity index (χ2v) is 5.13. The molecule has 1 heterocycles. The normalized spacial score (nSPS) is 19.9. The largest absolute Gasteiger partial charge is 0.260 e. The van der Waals surface area contributed by atoms with E-state index in [-0.39, 0.29) is 5.41 Å². The molecule has 1 aromatic rings. The number of benzene rings is 1. The van der Waals surface area contributed by atoms with Gasteiger partial charge in [0.1, 0.15) is 0 Å². The molecule has 0 aromatic heterocycles. The van der Waals surface area contributed by atoms with E-state index >= 15 is 0 Å². The third-order valence-electron chi connectivity index (χ3n) is 2.89. The Hall–Kier alpha value is -1.11. The van der Waals surface area contributed by atoms with Crippen LogP contribution in [0.2, 0.25) is 0 Å². The summed E-state index contributed by atoms with van der Waals surface area (Å²) in [6, 6.07) is 6.45. The highest BCUT2D eigenvalue weighted by Gasteiger charge is 2.30. The number of aryl methyl sites for hydroxylation is 1. The van der Waals surface area contributed by atoms with Gasteiger partial charge in [-0.15, -0.1) is 0 Å². The first kappa shape index (κ1) is 9.45. The second kappa shape index (κ2) is 2.94. The lowest BCUT2D eigenvalue weighted by atomic mass is 9.77. The molecule has 2 rings (SSSR count). The highest BCUT2D eigenvalue weighted by Crippen LogP contribution is 2.43. The van der Waals surface area contributed by atoms with Gasteiger partial charge in [0.2, 0.25) is 0 Å². The zero-order valence-corrected chi connectivity index (χ0v) is 9.33. The van der Waals surface area contributed by atoms with Crippen LogP contribution in [0.5, 0.6) is 0 Å². The number of rotatable bonds is 0. The molecule has 1 unspecified atom stereocenters. The zero-order chi connectivity index (χ0) is 10.3. The van der Waals surface area contributed by atoms with Gasteiger partial charge in [-0.3, -0.25) is 4.99 Å². The minimum absolute atomic E-state index is 0.266. The Morgan fingerprint density at radius 1 is 1.21 bits per heavy atom. The van der Waals surface area contributed by atoms with E-state index in [0.717, 1.165) is 0 Å². The standard InChI is InChI=1S/C13H17N/c1-9-6-5-7-10-11(13(2,3)4)8-14-12(9)10/h5-8,11H,1-4H3. The van der Waals surface area contributed by atoms with Crippen LogP contribution < -0.4 is 0 Å². The summed E-state index contributed by atoms with van der Waals surface area (Å²) in [7, 11) is 0. The number of aliphatic imine (C=N–C) groups is 1. The van der Waals surface area contributed by atoms with Crippen molar-refractivity contribution in [3.05, 3.63) is 29.3 Å². The van der Waals surface area contributed by atoms with E-state index in [1.165, 1.54) is 16.8 Å². The van der Waals surface area contributed by atoms with Gasteiger partial charge in [0.15, 0.2) is 0 Å². The fraction of sp³-hybridized carbons (Fsp3) is 0.462. The topological polar surface area (TPSA) is 12.4 Å². The Balaban J connectivity index is 2.51. The molecule has 0 aliphatic carbocycles. The SMILES string of the molecule is Cc1cccc2c1N=CC2C(C)(C)C. The van der Waals surface area contributed by atoms with Crippen LogP contribution in [-0.2, 0) is 0 Å². The van der Waals surface area contributed by atoms with Gasteiger partial charge in [0, 0.05) is 12.1 Å². The maximum Gasteiger partial charge on any atom is 0.0693 e. The van der Waals surface area contributed by atoms with Crippen LogP contribution in [0.1, 0.15) is 37.8 Å². The lowest BCUT2D eigenvalue weighted by molar-refractivity contribution is 0.390. The maximum atomic E-state index is 4.52. The lowest BCUT2D eigenvalue weighted by Crippen LogP contribution is -2.17. The molecule has 0 saturated carbocycles. The van der Waals surface area contributed by atoms with Crippen molar-refractivity contribution in [1.82, 2.24) is 0 Å². The Morgan fingerprint density at radius 3 is 2.57 bits per heavy atom. The summed E-state index contributed by atoms with van der Waals surface area (Å²) >= 11 is 0. The molecule has 1 aromatic carbocycles. The van der Waals surface area contributed by atoms with Gasteiger partial charge in [-0.2, -0.15) is 0 Å². The first-order valence-electron chi connectivity index (χ1n) is 5.14. The summed E-state index contributed by atoms with van der Waals surface area (Å²) in [5.41, 5.74) is 4.12. The molecule has 0 saturated heterocycles. The third-order valence-corrected chi connectivity index (χ3v) is 2.89. The molecule has 0 amide bonds. The van der Waals surface area contributed by atoms with Crippen LogP contribution >= 0.6 is 0 Å². The highest BCUT2D eigenvalue weighted by molar-refractivity contribution is 5.82. The summed E-state index contributed by atoms with van der Waals surface area (Å²) < 4.78 is 0. The van der Waals surface area contributed by atoms with Crippen molar-refractivity contribution < 1.29 is 0 Å². The van der Waals surface area contributed by atoms with Crippen molar-refractivity contribution in [2.24, 2.45) is 10.4 Å². The molecule has 0 fully saturated rings. The Bertz CT molecular complexity index is 383. The summed E-state index contributed by atoms with van der Waals surface area (Å²) in [5.74, 6) is 0.470. The average molecular weight is 187 g/mol. The minimum Gasteiger partial charge on any atom is -0.260 e. The van der Waals surface area contributed by atoms with Crippen LogP contribution in [0.3, 0.4) is 0 Å². The van der Waals surface area contributed by atoms with E-state index in [1.807, 2.05) is 0 Å². The Labute approximate surface area is 85.9 Å². The van der Waals surface area contributed by atoms with E-state index in [0.29, 0.717) is 5.92 Å². The van der Waals surface area contributed by atoms with E-state index < -0.39 is 0 Å². The average Bonchev–Trinajstić information content (AvgIpc) is 2.47. The van der Waals surface area contributed by atoms with Crippen molar-refractivity contribution in [2.45, 2.75) is 33.6 Å². The third kappa shape index (κ3) is 1.37. The van der Waals surface area contributed by atoms with Crippen molar-refractivity contribution in [2.75, 3.05) is 0 Å². The van der Waals surface area contributed by atoms with Gasteiger partial charge < -0.3 is 0 Å². The number of hydrogen-bond acceptors (Lipinski definition) is 1. The van der Waals surface area contributed by atoms with Crippen LogP contribution in [-0.4, -0.2) is 6.21 Å². The Morgan fingerprint density at radius 2 is 1.93 bits per heavy atom. The number of fused-ring (bicyclic) bond motifs is 1.